The molecule has 0 heterocycles. The van der Waals surface area contributed by atoms with Crippen molar-refractivity contribution < 1.29 is 21.1 Å². The molecule has 0 aromatic heterocycles. The van der Waals surface area contributed by atoms with Gasteiger partial charge in [0.2, 0.25) is 0 Å². The van der Waals surface area contributed by atoms with Crippen molar-refractivity contribution in [3.05, 3.63) is 5.92 Å². The molecule has 2 saturated carbocycles. The van der Waals surface area contributed by atoms with Crippen LogP contribution in [0.15, 0.2) is 0 Å². The molecular formula is C7H11W-. The molecule has 0 aliphatic heterocycles. The first-order valence-corrected chi connectivity index (χ1v) is 3.31. The Kier molecular flexibility index (Phi) is 2.14. The average molecular weight is 279 g/mol. The van der Waals surface area contributed by atoms with Gasteiger partial charge in [-0.2, -0.15) is 12.3 Å². The second kappa shape index (κ2) is 2.52. The molecule has 0 nitrogen and oxygen atoms in total. The maximum atomic E-state index is 1.88. The van der Waals surface area contributed by atoms with Crippen LogP contribution in [-0.2, 0) is 21.1 Å². The summed E-state index contributed by atoms with van der Waals surface area (Å²) in [5.41, 5.74) is 0. The third-order valence-corrected chi connectivity index (χ3v) is 2.23. The van der Waals surface area contributed by atoms with Gasteiger partial charge in [0.25, 0.3) is 0 Å². The van der Waals surface area contributed by atoms with E-state index in [1.54, 1.807) is 0 Å². The molecule has 1 heteroatoms. The topological polar surface area (TPSA) is 0 Å². The monoisotopic (exact) mass is 279 g/mol. The van der Waals surface area contributed by atoms with Gasteiger partial charge in [0.15, 0.2) is 0 Å². The number of hydrogen-bond acceptors (Lipinski definition) is 0. The first kappa shape index (κ1) is 6.80. The molecule has 1 atom stereocenters. The molecule has 2 aliphatic rings. The largest absolute Gasteiger partial charge is 0.315 e. The van der Waals surface area contributed by atoms with Gasteiger partial charge in [-0.1, -0.05) is 19.3 Å². The summed E-state index contributed by atoms with van der Waals surface area (Å²) in [5.74, 6) is 3.00. The molecule has 2 fully saturated rings. The number of fused-ring (bicyclic) bond motifs is 1. The van der Waals surface area contributed by atoms with Crippen molar-refractivity contribution in [1.82, 2.24) is 0 Å². The molecule has 0 N–H and O–H groups in total. The van der Waals surface area contributed by atoms with Crippen LogP contribution in [0.2, 0.25) is 0 Å². The van der Waals surface area contributed by atoms with Gasteiger partial charge >= 0.3 is 0 Å². The Balaban J connectivity index is 0.000000320. The summed E-state index contributed by atoms with van der Waals surface area (Å²) in [5, 5.41) is 0. The fraction of sp³-hybridized carbons (Fsp3) is 0.857. The van der Waals surface area contributed by atoms with E-state index < -0.39 is 0 Å². The van der Waals surface area contributed by atoms with Crippen molar-refractivity contribution in [3.63, 3.8) is 0 Å². The van der Waals surface area contributed by atoms with Crippen LogP contribution in [0.5, 0.6) is 0 Å². The molecule has 2 rings (SSSR count). The van der Waals surface area contributed by atoms with E-state index in [0.717, 1.165) is 5.92 Å². The third kappa shape index (κ3) is 1.16. The summed E-state index contributed by atoms with van der Waals surface area (Å²) in [6.45, 7) is 0. The van der Waals surface area contributed by atoms with Crippen molar-refractivity contribution in [2.75, 3.05) is 0 Å². The van der Waals surface area contributed by atoms with Crippen molar-refractivity contribution in [1.29, 1.82) is 0 Å². The molecule has 0 aromatic rings. The Morgan fingerprint density at radius 1 is 1.25 bits per heavy atom. The maximum Gasteiger partial charge on any atom is 0 e. The summed E-state index contributed by atoms with van der Waals surface area (Å²) in [6.07, 6.45) is 7.50. The van der Waals surface area contributed by atoms with Crippen LogP contribution in [0.4, 0.5) is 0 Å². The van der Waals surface area contributed by atoms with E-state index in [0.29, 0.717) is 0 Å². The normalized spacial score (nSPS) is 35.2. The van der Waals surface area contributed by atoms with Gasteiger partial charge in [-0.3, -0.25) is 0 Å². The summed E-state index contributed by atoms with van der Waals surface area (Å²) in [7, 11) is 0. The second-order valence-corrected chi connectivity index (χ2v) is 2.81. The van der Waals surface area contributed by atoms with Crippen molar-refractivity contribution in [2.24, 2.45) is 5.92 Å². The molecule has 0 bridgehead atoms. The molecule has 0 aromatic carbocycles. The van der Waals surface area contributed by atoms with Crippen LogP contribution in [0, 0.1) is 11.8 Å². The Morgan fingerprint density at radius 2 is 2.12 bits per heavy atom. The van der Waals surface area contributed by atoms with Crippen LogP contribution in [0.3, 0.4) is 0 Å². The molecular weight excluding hydrogens is 268 g/mol. The van der Waals surface area contributed by atoms with Crippen LogP contribution in [0.25, 0.3) is 0 Å². The van der Waals surface area contributed by atoms with E-state index in [1.807, 2.05) is 5.92 Å². The molecule has 46 valence electrons. The Hall–Kier alpha value is 0.688. The zero-order chi connectivity index (χ0) is 4.69. The van der Waals surface area contributed by atoms with E-state index in [4.69, 9.17) is 0 Å². The van der Waals surface area contributed by atoms with E-state index in [9.17, 15) is 0 Å². The molecule has 0 saturated heterocycles. The minimum atomic E-state index is 0. The van der Waals surface area contributed by atoms with Crippen LogP contribution in [0.1, 0.15) is 32.1 Å². The van der Waals surface area contributed by atoms with Crippen molar-refractivity contribution in [2.45, 2.75) is 32.1 Å². The predicted octanol–water partition coefficient (Wildman–Crippen LogP) is 2.15. The van der Waals surface area contributed by atoms with E-state index in [2.05, 4.69) is 0 Å². The van der Waals surface area contributed by atoms with E-state index >= 15 is 0 Å². The molecule has 2 aliphatic carbocycles. The summed E-state index contributed by atoms with van der Waals surface area (Å²) in [6, 6.07) is 0. The van der Waals surface area contributed by atoms with Crippen LogP contribution >= 0.6 is 0 Å². The maximum absolute atomic E-state index is 1.88. The van der Waals surface area contributed by atoms with Gasteiger partial charge in [-0.15, -0.1) is 0 Å². The molecule has 8 heavy (non-hydrogen) atoms. The summed E-state index contributed by atoms with van der Waals surface area (Å²) < 4.78 is 0. The average Bonchev–Trinajstić information content (AvgIpc) is 2.41. The fourth-order valence-corrected chi connectivity index (χ4v) is 1.61. The van der Waals surface area contributed by atoms with Gasteiger partial charge in [-0.25, -0.2) is 6.42 Å². The van der Waals surface area contributed by atoms with E-state index in [1.165, 1.54) is 32.1 Å². The smallest absolute Gasteiger partial charge is 0 e. The first-order valence-electron chi connectivity index (χ1n) is 3.31. The standard InChI is InChI=1S/C7H11.W/c1-2-4-7-5-6(7)3-1;/h6H,1-5H2;/q-1;. The SMILES string of the molecule is C1CCC2C[C-]2C1.[W]. The van der Waals surface area contributed by atoms with Gasteiger partial charge in [-0.05, 0) is 0 Å². The molecule has 0 amide bonds. The number of hydrogen-bond donors (Lipinski definition) is 0. The van der Waals surface area contributed by atoms with Crippen LogP contribution in [-0.4, -0.2) is 0 Å². The Bertz CT molecular complexity index is 70.5. The second-order valence-electron chi connectivity index (χ2n) is 2.81. The minimum Gasteiger partial charge on any atom is -0.315 e. The summed E-state index contributed by atoms with van der Waals surface area (Å²) in [4.78, 5) is 0. The van der Waals surface area contributed by atoms with E-state index in [-0.39, 0.29) is 21.1 Å². The zero-order valence-corrected chi connectivity index (χ0v) is 7.95. The van der Waals surface area contributed by atoms with Gasteiger partial charge < -0.3 is 5.92 Å². The predicted molar refractivity (Wildman–Crippen MR) is 29.8 cm³/mol. The van der Waals surface area contributed by atoms with Gasteiger partial charge in [0.1, 0.15) is 0 Å². The van der Waals surface area contributed by atoms with Gasteiger partial charge in [0, 0.05) is 21.1 Å². The van der Waals surface area contributed by atoms with Crippen molar-refractivity contribution in [3.8, 4) is 0 Å². The fourth-order valence-electron chi connectivity index (χ4n) is 1.61. The summed E-state index contributed by atoms with van der Waals surface area (Å²) >= 11 is 0. The Morgan fingerprint density at radius 3 is 2.62 bits per heavy atom. The Labute approximate surface area is 65.3 Å². The number of rotatable bonds is 0. The van der Waals surface area contributed by atoms with Gasteiger partial charge in [0.05, 0.1) is 0 Å². The van der Waals surface area contributed by atoms with Crippen LogP contribution < -0.4 is 0 Å². The third-order valence-electron chi connectivity index (χ3n) is 2.23. The molecule has 0 spiro atoms. The zero-order valence-electron chi connectivity index (χ0n) is 5.02. The first-order chi connectivity index (χ1) is 3.47. The molecule has 0 radical (unpaired) electrons. The molecule has 1 unspecified atom stereocenters. The minimum absolute atomic E-state index is 0. The quantitative estimate of drug-likeness (QED) is 0.596. The van der Waals surface area contributed by atoms with Crippen molar-refractivity contribution >= 4 is 0 Å².